The largest absolute Gasteiger partial charge is 0.494 e. The van der Waals surface area contributed by atoms with Gasteiger partial charge in [-0.1, -0.05) is 11.6 Å². The van der Waals surface area contributed by atoms with Crippen molar-refractivity contribution in [2.24, 2.45) is 0 Å². The number of carbonyl (C=O) groups is 1. The van der Waals surface area contributed by atoms with Crippen molar-refractivity contribution < 1.29 is 14.6 Å². The molecule has 0 atom stereocenters. The monoisotopic (exact) mass is 265 g/mol. The number of nitrogens with zero attached hydrogens (tertiary/aromatic N) is 1. The Labute approximate surface area is 109 Å². The normalized spacial score (nSPS) is 10.7. The lowest BCUT2D eigenvalue weighted by molar-refractivity contribution is 0.0696. The molecule has 0 aliphatic carbocycles. The molecule has 2 rings (SSSR count). The van der Waals surface area contributed by atoms with Crippen molar-refractivity contribution in [1.82, 2.24) is 4.98 Å². The lowest BCUT2D eigenvalue weighted by Crippen LogP contribution is -2.04. The van der Waals surface area contributed by atoms with E-state index in [4.69, 9.17) is 21.4 Å². The number of rotatable bonds is 2. The van der Waals surface area contributed by atoms with Gasteiger partial charge in [0.25, 0.3) is 0 Å². The summed E-state index contributed by atoms with van der Waals surface area (Å²) >= 11 is 5.92. The first-order valence-electron chi connectivity index (χ1n) is 5.33. The lowest BCUT2D eigenvalue weighted by Gasteiger charge is -2.11. The third kappa shape index (κ3) is 1.88. The third-order valence-electron chi connectivity index (χ3n) is 2.85. The number of hydrogen-bond donors (Lipinski definition) is 1. The first kappa shape index (κ1) is 12.6. The van der Waals surface area contributed by atoms with E-state index in [-0.39, 0.29) is 10.7 Å². The van der Waals surface area contributed by atoms with Crippen LogP contribution >= 0.6 is 11.6 Å². The van der Waals surface area contributed by atoms with Gasteiger partial charge in [-0.25, -0.2) is 9.78 Å². The van der Waals surface area contributed by atoms with Crippen molar-refractivity contribution in [1.29, 1.82) is 0 Å². The minimum atomic E-state index is -1.08. The van der Waals surface area contributed by atoms with Crippen LogP contribution in [0.15, 0.2) is 12.1 Å². The fourth-order valence-corrected chi connectivity index (χ4v) is 2.30. The fraction of sp³-hybridized carbons (Fsp3) is 0.231. The summed E-state index contributed by atoms with van der Waals surface area (Å²) in [5, 5.41) is 9.87. The van der Waals surface area contributed by atoms with Crippen LogP contribution in [0.3, 0.4) is 0 Å². The van der Waals surface area contributed by atoms with Crippen LogP contribution in [0, 0.1) is 13.8 Å². The molecule has 2 aromatic rings. The molecule has 1 heterocycles. The van der Waals surface area contributed by atoms with E-state index < -0.39 is 5.97 Å². The van der Waals surface area contributed by atoms with Crippen molar-refractivity contribution in [2.45, 2.75) is 13.8 Å². The van der Waals surface area contributed by atoms with Crippen molar-refractivity contribution in [3.05, 3.63) is 34.0 Å². The second-order valence-electron chi connectivity index (χ2n) is 4.07. The highest BCUT2D eigenvalue weighted by atomic mass is 35.5. The zero-order valence-electron chi connectivity index (χ0n) is 10.2. The zero-order valence-corrected chi connectivity index (χ0v) is 11.0. The molecular weight excluding hydrogens is 254 g/mol. The summed E-state index contributed by atoms with van der Waals surface area (Å²) in [5.74, 6) is -0.487. The Hall–Kier alpha value is -1.81. The second kappa shape index (κ2) is 4.46. The summed E-state index contributed by atoms with van der Waals surface area (Å²) in [6.07, 6.45) is 0. The zero-order chi connectivity index (χ0) is 13.4. The molecule has 0 amide bonds. The third-order valence-corrected chi connectivity index (χ3v) is 3.12. The maximum absolute atomic E-state index is 11.2. The second-order valence-corrected chi connectivity index (χ2v) is 4.43. The first-order valence-corrected chi connectivity index (χ1v) is 5.71. The minimum Gasteiger partial charge on any atom is -0.494 e. The number of halogens is 1. The fourth-order valence-electron chi connectivity index (χ4n) is 1.99. The van der Waals surface area contributed by atoms with Crippen LogP contribution in [0.2, 0.25) is 5.15 Å². The Morgan fingerprint density at radius 1 is 1.39 bits per heavy atom. The van der Waals surface area contributed by atoms with Gasteiger partial charge in [-0.3, -0.25) is 0 Å². The number of aromatic carboxylic acids is 1. The van der Waals surface area contributed by atoms with Gasteiger partial charge in [-0.05, 0) is 37.1 Å². The molecule has 18 heavy (non-hydrogen) atoms. The van der Waals surface area contributed by atoms with E-state index >= 15 is 0 Å². The van der Waals surface area contributed by atoms with Crippen molar-refractivity contribution in [3.63, 3.8) is 0 Å². The number of aryl methyl sites for hydroxylation is 2. The predicted molar refractivity (Wildman–Crippen MR) is 69.7 cm³/mol. The molecule has 0 aliphatic rings. The Morgan fingerprint density at radius 3 is 2.61 bits per heavy atom. The number of ether oxygens (including phenoxy) is 1. The number of aromatic nitrogens is 1. The van der Waals surface area contributed by atoms with E-state index in [1.165, 1.54) is 0 Å². The highest BCUT2D eigenvalue weighted by Gasteiger charge is 2.18. The number of fused-ring (bicyclic) bond motifs is 1. The molecule has 0 unspecified atom stereocenters. The molecule has 1 aromatic heterocycles. The Morgan fingerprint density at radius 2 is 2.06 bits per heavy atom. The Kier molecular flexibility index (Phi) is 3.13. The van der Waals surface area contributed by atoms with Gasteiger partial charge in [0.15, 0.2) is 0 Å². The van der Waals surface area contributed by atoms with Gasteiger partial charge in [0.1, 0.15) is 22.0 Å². The van der Waals surface area contributed by atoms with E-state index in [1.54, 1.807) is 14.0 Å². The maximum atomic E-state index is 11.2. The highest BCUT2D eigenvalue weighted by Crippen LogP contribution is 2.32. The molecule has 94 valence electrons. The van der Waals surface area contributed by atoms with Crippen LogP contribution in [0.1, 0.15) is 21.5 Å². The Bertz CT molecular complexity index is 652. The van der Waals surface area contributed by atoms with E-state index in [0.29, 0.717) is 16.8 Å². The van der Waals surface area contributed by atoms with E-state index in [9.17, 15) is 4.79 Å². The summed E-state index contributed by atoms with van der Waals surface area (Å²) in [6, 6.07) is 3.72. The van der Waals surface area contributed by atoms with Gasteiger partial charge in [-0.15, -0.1) is 0 Å². The topological polar surface area (TPSA) is 59.4 Å². The van der Waals surface area contributed by atoms with Gasteiger partial charge in [0, 0.05) is 5.39 Å². The maximum Gasteiger partial charge on any atom is 0.339 e. The van der Waals surface area contributed by atoms with Crippen LogP contribution in [0.4, 0.5) is 0 Å². The summed E-state index contributed by atoms with van der Waals surface area (Å²) in [5.41, 5.74) is 2.19. The molecule has 0 aliphatic heterocycles. The summed E-state index contributed by atoms with van der Waals surface area (Å²) in [4.78, 5) is 15.3. The summed E-state index contributed by atoms with van der Waals surface area (Å²) in [7, 11) is 1.55. The van der Waals surface area contributed by atoms with Gasteiger partial charge >= 0.3 is 5.97 Å². The molecule has 0 saturated heterocycles. The molecule has 4 nitrogen and oxygen atoms in total. The van der Waals surface area contributed by atoms with Crippen molar-refractivity contribution >= 4 is 28.5 Å². The van der Waals surface area contributed by atoms with Gasteiger partial charge in [0.05, 0.1) is 7.11 Å². The molecule has 0 spiro atoms. The standard InChI is InChI=1S/C13H12ClNO3/c1-6-4-8-7(2)10(13(16)17)12(14)15-11(8)9(5-6)18-3/h4-5H,1-3H3,(H,16,17). The quantitative estimate of drug-likeness (QED) is 0.847. The van der Waals surface area contributed by atoms with Crippen LogP contribution in [0.25, 0.3) is 10.9 Å². The predicted octanol–water partition coefficient (Wildman–Crippen LogP) is 3.21. The molecule has 0 radical (unpaired) electrons. The smallest absolute Gasteiger partial charge is 0.339 e. The molecule has 1 aromatic carbocycles. The summed E-state index contributed by atoms with van der Waals surface area (Å²) < 4.78 is 5.25. The van der Waals surface area contributed by atoms with Gasteiger partial charge < -0.3 is 9.84 Å². The molecule has 5 heteroatoms. The van der Waals surface area contributed by atoms with E-state index in [0.717, 1.165) is 10.9 Å². The lowest BCUT2D eigenvalue weighted by atomic mass is 10.0. The Balaban J connectivity index is 2.95. The number of carboxylic acids is 1. The van der Waals surface area contributed by atoms with Crippen molar-refractivity contribution in [2.75, 3.05) is 7.11 Å². The molecule has 0 fully saturated rings. The molecule has 1 N–H and O–H groups in total. The van der Waals surface area contributed by atoms with Crippen LogP contribution in [0.5, 0.6) is 5.75 Å². The average Bonchev–Trinajstić information content (AvgIpc) is 2.29. The van der Waals surface area contributed by atoms with E-state index in [2.05, 4.69) is 4.98 Å². The van der Waals surface area contributed by atoms with Crippen molar-refractivity contribution in [3.8, 4) is 5.75 Å². The number of pyridine rings is 1. The minimum absolute atomic E-state index is 0.0188. The number of methoxy groups -OCH3 is 1. The SMILES string of the molecule is COc1cc(C)cc2c(C)c(C(=O)O)c(Cl)nc12. The molecule has 0 saturated carbocycles. The van der Waals surface area contributed by atoms with Crippen LogP contribution in [-0.4, -0.2) is 23.2 Å². The average molecular weight is 266 g/mol. The van der Waals surface area contributed by atoms with E-state index in [1.807, 2.05) is 19.1 Å². The first-order chi connectivity index (χ1) is 8.45. The van der Waals surface area contributed by atoms with Gasteiger partial charge in [-0.2, -0.15) is 0 Å². The van der Waals surface area contributed by atoms with Crippen LogP contribution in [-0.2, 0) is 0 Å². The molecule has 0 bridgehead atoms. The number of benzene rings is 1. The summed E-state index contributed by atoms with van der Waals surface area (Å²) in [6.45, 7) is 3.63. The van der Waals surface area contributed by atoms with Gasteiger partial charge in [0.2, 0.25) is 0 Å². The number of carboxylic acid groups (broad SMARTS) is 1. The molecular formula is C13H12ClNO3. The number of hydrogen-bond acceptors (Lipinski definition) is 3. The van der Waals surface area contributed by atoms with Crippen LogP contribution < -0.4 is 4.74 Å². The highest BCUT2D eigenvalue weighted by molar-refractivity contribution is 6.33.